The lowest BCUT2D eigenvalue weighted by molar-refractivity contribution is -0.116. The Labute approximate surface area is 156 Å². The number of fused-ring (bicyclic) bond motifs is 1. The smallest absolute Gasteiger partial charge is 0.224 e. The van der Waals surface area contributed by atoms with Gasteiger partial charge in [-0.05, 0) is 31.0 Å². The van der Waals surface area contributed by atoms with Gasteiger partial charge in [-0.2, -0.15) is 0 Å². The highest BCUT2D eigenvalue weighted by Crippen LogP contribution is 2.23. The molecule has 0 aliphatic rings. The molecule has 0 unspecified atom stereocenters. The molecule has 0 aliphatic heterocycles. The number of anilines is 1. The molecule has 4 aromatic rings. The molecule has 26 heavy (non-hydrogen) atoms. The summed E-state index contributed by atoms with van der Waals surface area (Å²) >= 11 is 1.61. The van der Waals surface area contributed by atoms with Crippen molar-refractivity contribution in [1.29, 1.82) is 0 Å². The summed E-state index contributed by atoms with van der Waals surface area (Å²) < 4.78 is 2.01. The molecule has 0 spiro atoms. The Balaban J connectivity index is 1.36. The Morgan fingerprint density at radius 2 is 1.88 bits per heavy atom. The molecule has 2 aromatic carbocycles. The molecule has 0 bridgehead atoms. The number of aromatic nitrogens is 2. The van der Waals surface area contributed by atoms with Crippen molar-refractivity contribution < 1.29 is 4.79 Å². The van der Waals surface area contributed by atoms with Crippen LogP contribution in [0, 0.1) is 6.92 Å². The van der Waals surface area contributed by atoms with E-state index in [0.29, 0.717) is 6.42 Å². The summed E-state index contributed by atoms with van der Waals surface area (Å²) in [6.45, 7) is 2.06. The summed E-state index contributed by atoms with van der Waals surface area (Å²) in [6, 6.07) is 16.1. The number of imidazole rings is 1. The quantitative estimate of drug-likeness (QED) is 0.547. The molecule has 4 rings (SSSR count). The van der Waals surface area contributed by atoms with Crippen LogP contribution in [0.15, 0.2) is 66.3 Å². The minimum atomic E-state index is 0.0285. The van der Waals surface area contributed by atoms with Gasteiger partial charge >= 0.3 is 0 Å². The molecule has 0 saturated heterocycles. The Morgan fingerprint density at radius 1 is 1.12 bits per heavy atom. The molecule has 0 fully saturated rings. The van der Waals surface area contributed by atoms with Crippen LogP contribution < -0.4 is 5.32 Å². The largest absolute Gasteiger partial charge is 0.326 e. The maximum absolute atomic E-state index is 12.2. The van der Waals surface area contributed by atoms with Crippen LogP contribution >= 0.6 is 11.3 Å². The monoisotopic (exact) mass is 361 g/mol. The topological polar surface area (TPSA) is 46.4 Å². The number of nitrogens with one attached hydrogen (secondary N) is 1. The molecular weight excluding hydrogens is 342 g/mol. The number of carbonyl (C=O) groups excluding carboxylic acids is 1. The number of carbonyl (C=O) groups is 1. The van der Waals surface area contributed by atoms with E-state index in [1.807, 2.05) is 46.4 Å². The fourth-order valence-corrected chi connectivity index (χ4v) is 3.53. The Morgan fingerprint density at radius 3 is 2.62 bits per heavy atom. The number of thiazole rings is 1. The summed E-state index contributed by atoms with van der Waals surface area (Å²) in [5.74, 6) is 0.0285. The minimum absolute atomic E-state index is 0.0285. The number of aryl methyl sites for hydroxylation is 2. The highest BCUT2D eigenvalue weighted by atomic mass is 32.1. The van der Waals surface area contributed by atoms with Crippen LogP contribution in [0.2, 0.25) is 0 Å². The van der Waals surface area contributed by atoms with E-state index < -0.39 is 0 Å². The van der Waals surface area contributed by atoms with Crippen LogP contribution in [-0.4, -0.2) is 15.3 Å². The zero-order valence-electron chi connectivity index (χ0n) is 14.5. The third kappa shape index (κ3) is 3.68. The first kappa shape index (κ1) is 16.5. The number of benzene rings is 2. The molecule has 0 radical (unpaired) electrons. The zero-order valence-corrected chi connectivity index (χ0v) is 15.3. The predicted molar refractivity (Wildman–Crippen MR) is 107 cm³/mol. The van der Waals surface area contributed by atoms with E-state index in [2.05, 4.69) is 41.5 Å². The van der Waals surface area contributed by atoms with E-state index in [1.165, 1.54) is 11.1 Å². The molecule has 0 aliphatic carbocycles. The second kappa shape index (κ2) is 7.14. The summed E-state index contributed by atoms with van der Waals surface area (Å²) in [4.78, 5) is 17.7. The molecule has 0 atom stereocenters. The highest BCUT2D eigenvalue weighted by Gasteiger charge is 2.07. The standard InChI is InChI=1S/C21H19N3OS/c1-15-2-4-16(5-3-15)6-11-20(25)22-18-9-7-17(8-10-18)19-14-24-12-13-26-21(24)23-19/h2-5,7-10,12-14H,6,11H2,1H3,(H,22,25). The predicted octanol–water partition coefficient (Wildman–Crippen LogP) is 4.94. The molecule has 4 nitrogen and oxygen atoms in total. The van der Waals surface area contributed by atoms with E-state index in [4.69, 9.17) is 0 Å². The lowest BCUT2D eigenvalue weighted by Crippen LogP contribution is -2.12. The third-order valence-corrected chi connectivity index (χ3v) is 5.09. The molecule has 5 heteroatoms. The van der Waals surface area contributed by atoms with Gasteiger partial charge in [0.15, 0.2) is 4.96 Å². The van der Waals surface area contributed by atoms with Crippen molar-refractivity contribution in [3.8, 4) is 11.3 Å². The van der Waals surface area contributed by atoms with Gasteiger partial charge in [-0.25, -0.2) is 4.98 Å². The fourth-order valence-electron chi connectivity index (χ4n) is 2.83. The normalized spacial score (nSPS) is 11.0. The molecule has 1 N–H and O–H groups in total. The summed E-state index contributed by atoms with van der Waals surface area (Å²) in [5, 5.41) is 4.98. The summed E-state index contributed by atoms with van der Waals surface area (Å²) in [7, 11) is 0. The molecule has 130 valence electrons. The van der Waals surface area contributed by atoms with Crippen LogP contribution in [0.4, 0.5) is 5.69 Å². The number of nitrogens with zero attached hydrogens (tertiary/aromatic N) is 2. The lowest BCUT2D eigenvalue weighted by atomic mass is 10.1. The van der Waals surface area contributed by atoms with Crippen molar-refractivity contribution in [1.82, 2.24) is 9.38 Å². The van der Waals surface area contributed by atoms with E-state index in [9.17, 15) is 4.79 Å². The van der Waals surface area contributed by atoms with Crippen LogP contribution in [0.3, 0.4) is 0 Å². The van der Waals surface area contributed by atoms with Gasteiger partial charge < -0.3 is 5.32 Å². The van der Waals surface area contributed by atoms with Crippen LogP contribution in [0.1, 0.15) is 17.5 Å². The zero-order chi connectivity index (χ0) is 17.9. The first-order valence-corrected chi connectivity index (χ1v) is 9.43. The molecule has 2 aromatic heterocycles. The number of amides is 1. The maximum Gasteiger partial charge on any atom is 0.224 e. The van der Waals surface area contributed by atoms with Gasteiger partial charge in [-0.15, -0.1) is 11.3 Å². The second-order valence-electron chi connectivity index (χ2n) is 6.33. The Hall–Kier alpha value is -2.92. The average molecular weight is 361 g/mol. The van der Waals surface area contributed by atoms with E-state index in [1.54, 1.807) is 11.3 Å². The molecule has 2 heterocycles. The SMILES string of the molecule is Cc1ccc(CCC(=O)Nc2ccc(-c3cn4ccsc4n3)cc2)cc1. The van der Waals surface area contributed by atoms with E-state index >= 15 is 0 Å². The van der Waals surface area contributed by atoms with E-state index in [0.717, 1.165) is 28.3 Å². The lowest BCUT2D eigenvalue weighted by Gasteiger charge is -2.06. The number of rotatable bonds is 5. The average Bonchev–Trinajstić information content (AvgIpc) is 3.24. The van der Waals surface area contributed by atoms with Gasteiger partial charge in [0.25, 0.3) is 0 Å². The summed E-state index contributed by atoms with van der Waals surface area (Å²) in [5.41, 5.74) is 5.20. The molecular formula is C21H19N3OS. The number of hydrogen-bond donors (Lipinski definition) is 1. The second-order valence-corrected chi connectivity index (χ2v) is 7.20. The van der Waals surface area contributed by atoms with Gasteiger partial charge in [0.05, 0.1) is 5.69 Å². The maximum atomic E-state index is 12.2. The molecule has 0 saturated carbocycles. The van der Waals surface area contributed by atoms with Crippen molar-refractivity contribution in [2.75, 3.05) is 5.32 Å². The van der Waals surface area contributed by atoms with Gasteiger partial charge in [-0.3, -0.25) is 9.20 Å². The van der Waals surface area contributed by atoms with Gasteiger partial charge in [-0.1, -0.05) is 42.0 Å². The summed E-state index contributed by atoms with van der Waals surface area (Å²) in [6.07, 6.45) is 5.23. The Bertz CT molecular complexity index is 1000. The van der Waals surface area contributed by atoms with Crippen molar-refractivity contribution in [3.05, 3.63) is 77.4 Å². The minimum Gasteiger partial charge on any atom is -0.326 e. The fraction of sp³-hybridized carbons (Fsp3) is 0.143. The van der Waals surface area contributed by atoms with Gasteiger partial charge in [0.2, 0.25) is 5.91 Å². The first-order valence-electron chi connectivity index (χ1n) is 8.55. The first-order chi connectivity index (χ1) is 12.7. The van der Waals surface area contributed by atoms with Gasteiger partial charge in [0.1, 0.15) is 0 Å². The van der Waals surface area contributed by atoms with E-state index in [-0.39, 0.29) is 5.91 Å². The number of hydrogen-bond acceptors (Lipinski definition) is 3. The Kier molecular flexibility index (Phi) is 4.54. The highest BCUT2D eigenvalue weighted by molar-refractivity contribution is 7.15. The van der Waals surface area contributed by atoms with Crippen molar-refractivity contribution in [2.45, 2.75) is 19.8 Å². The van der Waals surface area contributed by atoms with Crippen molar-refractivity contribution >= 4 is 27.9 Å². The van der Waals surface area contributed by atoms with Crippen LogP contribution in [0.25, 0.3) is 16.2 Å². The van der Waals surface area contributed by atoms with Crippen molar-refractivity contribution in [2.24, 2.45) is 0 Å². The van der Waals surface area contributed by atoms with Crippen LogP contribution in [-0.2, 0) is 11.2 Å². The van der Waals surface area contributed by atoms with Gasteiger partial charge in [0, 0.05) is 35.4 Å². The van der Waals surface area contributed by atoms with Crippen LogP contribution in [0.5, 0.6) is 0 Å². The van der Waals surface area contributed by atoms with Crippen molar-refractivity contribution in [3.63, 3.8) is 0 Å². The molecule has 1 amide bonds. The third-order valence-electron chi connectivity index (χ3n) is 4.32.